The van der Waals surface area contributed by atoms with Gasteiger partial charge in [-0.05, 0) is 0 Å². The first kappa shape index (κ1) is 17.3. The Morgan fingerprint density at radius 3 is 2.75 bits per heavy atom. The van der Waals surface area contributed by atoms with Crippen LogP contribution in [0.2, 0.25) is 0 Å². The van der Waals surface area contributed by atoms with Crippen molar-refractivity contribution in [1.29, 1.82) is 0 Å². The predicted octanol–water partition coefficient (Wildman–Crippen LogP) is 0.748. The second-order valence-corrected chi connectivity index (χ2v) is 6.65. The zero-order valence-electron chi connectivity index (χ0n) is 13.9. The van der Waals surface area contributed by atoms with Gasteiger partial charge in [0.15, 0.2) is 0 Å². The van der Waals surface area contributed by atoms with E-state index in [1.807, 2.05) is 16.4 Å². The third kappa shape index (κ3) is 3.59. The van der Waals surface area contributed by atoms with E-state index in [0.717, 1.165) is 12.2 Å². The van der Waals surface area contributed by atoms with Gasteiger partial charge in [0.1, 0.15) is 12.4 Å². The molecule has 8 heteroatoms. The average molecular weight is 342 g/mol. The molecule has 1 amide bonds. The van der Waals surface area contributed by atoms with Gasteiger partial charge in [-0.25, -0.2) is 13.8 Å². The van der Waals surface area contributed by atoms with Crippen molar-refractivity contribution >= 4 is 5.91 Å². The van der Waals surface area contributed by atoms with E-state index in [9.17, 15) is 18.7 Å². The summed E-state index contributed by atoms with van der Waals surface area (Å²) in [6.07, 6.45) is 3.13. The number of imidazole rings is 1. The minimum absolute atomic E-state index is 0.0772. The number of carbonyl (C=O) groups is 1. The number of carbonyl (C=O) groups excluding carboxylic acids is 1. The summed E-state index contributed by atoms with van der Waals surface area (Å²) >= 11 is 0. The zero-order valence-corrected chi connectivity index (χ0v) is 13.9. The molecule has 0 aromatic carbocycles. The lowest BCUT2D eigenvalue weighted by molar-refractivity contribution is -0.131. The lowest BCUT2D eigenvalue weighted by Gasteiger charge is -2.36. The topological polar surface area (TPSA) is 61.6 Å². The first-order valence-corrected chi connectivity index (χ1v) is 8.47. The largest absolute Gasteiger partial charge is 0.390 e. The van der Waals surface area contributed by atoms with E-state index in [0.29, 0.717) is 6.54 Å². The molecule has 6 nitrogen and oxygen atoms in total. The first-order valence-electron chi connectivity index (χ1n) is 8.47. The first-order chi connectivity index (χ1) is 11.4. The second-order valence-electron chi connectivity index (χ2n) is 6.65. The highest BCUT2D eigenvalue weighted by Crippen LogP contribution is 2.30. The van der Waals surface area contributed by atoms with Crippen LogP contribution in [0.15, 0.2) is 12.4 Å². The number of halogens is 2. The minimum atomic E-state index is -2.60. The van der Waals surface area contributed by atoms with Crippen molar-refractivity contribution in [2.75, 3.05) is 26.2 Å². The molecule has 2 atom stereocenters. The van der Waals surface area contributed by atoms with Gasteiger partial charge in [0.2, 0.25) is 5.91 Å². The zero-order chi connectivity index (χ0) is 17.3. The molecule has 1 aromatic heterocycles. The molecule has 24 heavy (non-hydrogen) atoms. The molecule has 134 valence electrons. The van der Waals surface area contributed by atoms with Crippen molar-refractivity contribution in [1.82, 2.24) is 19.4 Å². The van der Waals surface area contributed by atoms with Crippen LogP contribution in [0, 0.1) is 0 Å². The minimum Gasteiger partial charge on any atom is -0.390 e. The maximum Gasteiger partial charge on any atom is 0.250 e. The second kappa shape index (κ2) is 6.76. The van der Waals surface area contributed by atoms with E-state index < -0.39 is 12.0 Å². The molecule has 0 saturated carbocycles. The molecule has 1 N–H and O–H groups in total. The molecule has 3 heterocycles. The maximum absolute atomic E-state index is 13.3. The van der Waals surface area contributed by atoms with E-state index >= 15 is 0 Å². The van der Waals surface area contributed by atoms with Crippen LogP contribution in [0.4, 0.5) is 8.78 Å². The standard InChI is InChI=1S/C16H24F2N4O2/c1-2-14-19-5-8-21(14)11-15(24)22-9-12(13(23)10-22)20-6-3-16(17,18)4-7-20/h5,8,12-13,23H,2-4,6-7,9-11H2,1H3/t12-,13-/m1/s1. The molecule has 2 fully saturated rings. The van der Waals surface area contributed by atoms with E-state index in [-0.39, 0.29) is 51.0 Å². The van der Waals surface area contributed by atoms with Gasteiger partial charge < -0.3 is 14.6 Å². The Bertz CT molecular complexity index is 582. The van der Waals surface area contributed by atoms with Crippen LogP contribution >= 0.6 is 0 Å². The molecule has 0 unspecified atom stereocenters. The van der Waals surface area contributed by atoms with Gasteiger partial charge in [0, 0.05) is 57.8 Å². The molecular weight excluding hydrogens is 318 g/mol. The highest BCUT2D eigenvalue weighted by molar-refractivity contribution is 5.76. The fraction of sp³-hybridized carbons (Fsp3) is 0.750. The highest BCUT2D eigenvalue weighted by atomic mass is 19.3. The highest BCUT2D eigenvalue weighted by Gasteiger charge is 2.42. The SMILES string of the molecule is CCc1nccn1CC(=O)N1C[C@@H](O)[C@H](N2CCC(F)(F)CC2)C1. The monoisotopic (exact) mass is 342 g/mol. The summed E-state index contributed by atoms with van der Waals surface area (Å²) in [4.78, 5) is 20.2. The molecule has 2 aliphatic rings. The summed E-state index contributed by atoms with van der Waals surface area (Å²) in [5.41, 5.74) is 0. The fourth-order valence-electron chi connectivity index (χ4n) is 3.56. The smallest absolute Gasteiger partial charge is 0.250 e. The van der Waals surface area contributed by atoms with Gasteiger partial charge >= 0.3 is 0 Å². The van der Waals surface area contributed by atoms with Crippen molar-refractivity contribution in [3.05, 3.63) is 18.2 Å². The Balaban J connectivity index is 1.58. The van der Waals surface area contributed by atoms with E-state index in [2.05, 4.69) is 4.98 Å². The van der Waals surface area contributed by atoms with Gasteiger partial charge in [-0.15, -0.1) is 0 Å². The van der Waals surface area contributed by atoms with Crippen LogP contribution in [0.3, 0.4) is 0 Å². The van der Waals surface area contributed by atoms with E-state index in [1.54, 1.807) is 17.3 Å². The Kier molecular flexibility index (Phi) is 4.87. The van der Waals surface area contributed by atoms with Crippen molar-refractivity contribution in [2.24, 2.45) is 0 Å². The fourth-order valence-corrected chi connectivity index (χ4v) is 3.56. The molecule has 0 spiro atoms. The Morgan fingerprint density at radius 2 is 2.08 bits per heavy atom. The Hall–Kier alpha value is -1.54. The van der Waals surface area contributed by atoms with Crippen LogP contribution < -0.4 is 0 Å². The molecule has 0 bridgehead atoms. The Morgan fingerprint density at radius 1 is 1.38 bits per heavy atom. The van der Waals surface area contributed by atoms with Crippen LogP contribution in [0.1, 0.15) is 25.6 Å². The summed E-state index contributed by atoms with van der Waals surface area (Å²) in [6, 6.07) is -0.251. The molecular formula is C16H24F2N4O2. The third-order valence-electron chi connectivity index (χ3n) is 5.03. The quantitative estimate of drug-likeness (QED) is 0.877. The number of alkyl halides is 2. The number of rotatable bonds is 4. The van der Waals surface area contributed by atoms with Crippen LogP contribution in [0.5, 0.6) is 0 Å². The predicted molar refractivity (Wildman–Crippen MR) is 83.7 cm³/mol. The van der Waals surface area contributed by atoms with Crippen LogP contribution in [0.25, 0.3) is 0 Å². The van der Waals surface area contributed by atoms with Crippen LogP contribution in [-0.2, 0) is 17.8 Å². The van der Waals surface area contributed by atoms with Gasteiger partial charge in [0.25, 0.3) is 5.92 Å². The maximum atomic E-state index is 13.3. The molecule has 2 saturated heterocycles. The molecule has 1 aromatic rings. The summed E-state index contributed by atoms with van der Waals surface area (Å²) in [6.45, 7) is 3.34. The lowest BCUT2D eigenvalue weighted by Crippen LogP contribution is -2.49. The third-order valence-corrected chi connectivity index (χ3v) is 5.03. The number of nitrogens with zero attached hydrogens (tertiary/aromatic N) is 4. The van der Waals surface area contributed by atoms with Crippen molar-refractivity contribution in [3.63, 3.8) is 0 Å². The van der Waals surface area contributed by atoms with E-state index in [4.69, 9.17) is 0 Å². The average Bonchev–Trinajstić information content (AvgIpc) is 3.14. The number of aromatic nitrogens is 2. The number of β-amino-alcohol motifs (C(OH)–C–C–N with tert-alkyl or cyclic N) is 1. The lowest BCUT2D eigenvalue weighted by atomic mass is 10.0. The summed E-state index contributed by atoms with van der Waals surface area (Å²) in [5.74, 6) is -1.84. The number of amides is 1. The number of hydrogen-bond donors (Lipinski definition) is 1. The summed E-state index contributed by atoms with van der Waals surface area (Å²) < 4.78 is 28.4. The van der Waals surface area contributed by atoms with Crippen LogP contribution in [-0.4, -0.2) is 74.6 Å². The Labute approximate surface area is 140 Å². The molecule has 2 aliphatic heterocycles. The number of aliphatic hydroxyl groups excluding tert-OH is 1. The van der Waals surface area contributed by atoms with E-state index in [1.165, 1.54) is 0 Å². The number of likely N-dealkylation sites (tertiary alicyclic amines) is 2. The summed E-state index contributed by atoms with van der Waals surface area (Å²) in [5, 5.41) is 10.3. The van der Waals surface area contributed by atoms with Gasteiger partial charge in [-0.2, -0.15) is 0 Å². The van der Waals surface area contributed by atoms with Crippen molar-refractivity contribution in [3.8, 4) is 0 Å². The van der Waals surface area contributed by atoms with Crippen molar-refractivity contribution < 1.29 is 18.7 Å². The molecule has 0 aliphatic carbocycles. The van der Waals surface area contributed by atoms with Crippen molar-refractivity contribution in [2.45, 2.75) is 50.8 Å². The van der Waals surface area contributed by atoms with Gasteiger partial charge in [-0.3, -0.25) is 9.69 Å². The molecule has 3 rings (SSSR count). The normalized spacial score (nSPS) is 27.6. The van der Waals surface area contributed by atoms with Gasteiger partial charge in [-0.1, -0.05) is 6.92 Å². The summed E-state index contributed by atoms with van der Waals surface area (Å²) in [7, 11) is 0. The molecule has 0 radical (unpaired) electrons. The number of aryl methyl sites for hydroxylation is 1. The number of hydrogen-bond acceptors (Lipinski definition) is 4. The number of aliphatic hydroxyl groups is 1. The number of piperidine rings is 1. The van der Waals surface area contributed by atoms with Gasteiger partial charge in [0.05, 0.1) is 12.1 Å².